The van der Waals surface area contributed by atoms with Crippen LogP contribution in [0.4, 0.5) is 0 Å². The Morgan fingerprint density at radius 3 is 2.69 bits per heavy atom. The molecule has 26 heavy (non-hydrogen) atoms. The highest BCUT2D eigenvalue weighted by atomic mass is 16.7. The number of methoxy groups -OCH3 is 1. The van der Waals surface area contributed by atoms with Crippen molar-refractivity contribution < 1.29 is 14.2 Å². The number of hydrogen-bond donors (Lipinski definition) is 2. The summed E-state index contributed by atoms with van der Waals surface area (Å²) in [6, 6.07) is 14.3. The molecular formula is C20H25N3O3. The smallest absolute Gasteiger partial charge is 0.231 e. The van der Waals surface area contributed by atoms with Gasteiger partial charge in [-0.25, -0.2) is 0 Å². The quantitative estimate of drug-likeness (QED) is 0.590. The Balaban J connectivity index is 1.48. The van der Waals surface area contributed by atoms with Gasteiger partial charge in [0.1, 0.15) is 0 Å². The van der Waals surface area contributed by atoms with Gasteiger partial charge in [0.25, 0.3) is 0 Å². The first kappa shape index (κ1) is 18.1. The van der Waals surface area contributed by atoms with E-state index >= 15 is 0 Å². The Morgan fingerprint density at radius 1 is 1.08 bits per heavy atom. The molecule has 0 aromatic heterocycles. The molecule has 6 heteroatoms. The largest absolute Gasteiger partial charge is 0.454 e. The Kier molecular flexibility index (Phi) is 6.33. The lowest BCUT2D eigenvalue weighted by atomic mass is 10.1. The Hall–Kier alpha value is -2.73. The minimum atomic E-state index is 0.304. The molecule has 3 rings (SSSR count). The molecule has 0 saturated heterocycles. The van der Waals surface area contributed by atoms with Crippen molar-refractivity contribution in [3.8, 4) is 11.5 Å². The van der Waals surface area contributed by atoms with E-state index in [0.29, 0.717) is 19.9 Å². The summed E-state index contributed by atoms with van der Waals surface area (Å²) in [4.78, 5) is 4.29. The molecule has 0 bridgehead atoms. The third-order valence-electron chi connectivity index (χ3n) is 4.23. The van der Waals surface area contributed by atoms with Gasteiger partial charge < -0.3 is 24.8 Å². The third kappa shape index (κ3) is 4.67. The standard InChI is InChI=1S/C20H25N3O3/c1-21-20(23-12-16-5-3-4-6-17(16)13-24-2)22-10-9-15-7-8-18-19(11-15)26-14-25-18/h3-8,11H,9-10,12-14H2,1-2H3,(H2,21,22,23). The van der Waals surface area contributed by atoms with Gasteiger partial charge in [-0.3, -0.25) is 4.99 Å². The van der Waals surface area contributed by atoms with E-state index in [2.05, 4.69) is 33.8 Å². The van der Waals surface area contributed by atoms with Crippen molar-refractivity contribution in [3.63, 3.8) is 0 Å². The van der Waals surface area contributed by atoms with Crippen LogP contribution in [-0.4, -0.2) is 33.5 Å². The highest BCUT2D eigenvalue weighted by molar-refractivity contribution is 5.79. The molecule has 0 spiro atoms. The van der Waals surface area contributed by atoms with Gasteiger partial charge in [0.05, 0.1) is 6.61 Å². The monoisotopic (exact) mass is 355 g/mol. The first-order valence-electron chi connectivity index (χ1n) is 8.69. The number of aliphatic imine (C=N–C) groups is 1. The Bertz CT molecular complexity index is 762. The van der Waals surface area contributed by atoms with E-state index in [0.717, 1.165) is 30.4 Å². The second-order valence-corrected chi connectivity index (χ2v) is 5.99. The molecular weight excluding hydrogens is 330 g/mol. The minimum Gasteiger partial charge on any atom is -0.454 e. The van der Waals surface area contributed by atoms with Crippen LogP contribution in [0, 0.1) is 0 Å². The zero-order valence-corrected chi connectivity index (χ0v) is 15.2. The number of fused-ring (bicyclic) bond motifs is 1. The number of hydrogen-bond acceptors (Lipinski definition) is 4. The first-order chi connectivity index (χ1) is 12.8. The highest BCUT2D eigenvalue weighted by Gasteiger charge is 2.13. The van der Waals surface area contributed by atoms with Gasteiger partial charge in [-0.05, 0) is 35.2 Å². The summed E-state index contributed by atoms with van der Waals surface area (Å²) in [5, 5.41) is 6.69. The maximum Gasteiger partial charge on any atom is 0.231 e. The van der Waals surface area contributed by atoms with Crippen LogP contribution in [0.2, 0.25) is 0 Å². The number of nitrogens with zero attached hydrogens (tertiary/aromatic N) is 1. The van der Waals surface area contributed by atoms with Gasteiger partial charge in [0.2, 0.25) is 6.79 Å². The molecule has 0 radical (unpaired) electrons. The maximum atomic E-state index is 5.42. The van der Waals surface area contributed by atoms with Gasteiger partial charge in [0, 0.05) is 27.2 Å². The van der Waals surface area contributed by atoms with Gasteiger partial charge >= 0.3 is 0 Å². The van der Waals surface area contributed by atoms with Crippen molar-refractivity contribution in [1.29, 1.82) is 0 Å². The number of ether oxygens (including phenoxy) is 3. The topological polar surface area (TPSA) is 64.1 Å². The molecule has 2 aromatic carbocycles. The molecule has 2 N–H and O–H groups in total. The fourth-order valence-corrected chi connectivity index (χ4v) is 2.85. The molecule has 1 aliphatic heterocycles. The second kappa shape index (κ2) is 9.10. The van der Waals surface area contributed by atoms with Crippen molar-refractivity contribution in [2.75, 3.05) is 27.5 Å². The van der Waals surface area contributed by atoms with E-state index < -0.39 is 0 Å². The summed E-state index contributed by atoms with van der Waals surface area (Å²) >= 11 is 0. The van der Waals surface area contributed by atoms with Crippen LogP contribution < -0.4 is 20.1 Å². The van der Waals surface area contributed by atoms with Crippen molar-refractivity contribution >= 4 is 5.96 Å². The molecule has 0 unspecified atom stereocenters. The minimum absolute atomic E-state index is 0.304. The number of nitrogens with one attached hydrogen (secondary N) is 2. The van der Waals surface area contributed by atoms with E-state index in [1.807, 2.05) is 24.3 Å². The number of guanidine groups is 1. The zero-order valence-electron chi connectivity index (χ0n) is 15.2. The first-order valence-corrected chi connectivity index (χ1v) is 8.69. The molecule has 0 aliphatic carbocycles. The van der Waals surface area contributed by atoms with E-state index in [-0.39, 0.29) is 0 Å². The van der Waals surface area contributed by atoms with Crippen LogP contribution in [0.5, 0.6) is 11.5 Å². The van der Waals surface area contributed by atoms with Crippen molar-refractivity contribution in [3.05, 3.63) is 59.2 Å². The van der Waals surface area contributed by atoms with Crippen LogP contribution in [0.25, 0.3) is 0 Å². The summed E-state index contributed by atoms with van der Waals surface area (Å²) < 4.78 is 16.0. The maximum absolute atomic E-state index is 5.42. The second-order valence-electron chi connectivity index (χ2n) is 5.99. The van der Waals surface area contributed by atoms with Gasteiger partial charge in [-0.15, -0.1) is 0 Å². The summed E-state index contributed by atoms with van der Waals surface area (Å²) in [6.45, 7) is 2.38. The van der Waals surface area contributed by atoms with Gasteiger partial charge in [-0.2, -0.15) is 0 Å². The van der Waals surface area contributed by atoms with Crippen LogP contribution in [-0.2, 0) is 24.3 Å². The van der Waals surface area contributed by atoms with E-state index in [1.54, 1.807) is 14.2 Å². The van der Waals surface area contributed by atoms with E-state index in [9.17, 15) is 0 Å². The third-order valence-corrected chi connectivity index (χ3v) is 4.23. The molecule has 1 aliphatic rings. The van der Waals surface area contributed by atoms with Crippen molar-refractivity contribution in [2.24, 2.45) is 4.99 Å². The summed E-state index contributed by atoms with van der Waals surface area (Å²) in [6.07, 6.45) is 0.873. The van der Waals surface area contributed by atoms with Crippen LogP contribution in [0.3, 0.4) is 0 Å². The molecule has 0 fully saturated rings. The van der Waals surface area contributed by atoms with Crippen molar-refractivity contribution in [2.45, 2.75) is 19.6 Å². The molecule has 138 valence electrons. The molecule has 6 nitrogen and oxygen atoms in total. The molecule has 1 heterocycles. The number of rotatable bonds is 7. The average molecular weight is 355 g/mol. The highest BCUT2D eigenvalue weighted by Crippen LogP contribution is 2.32. The van der Waals surface area contributed by atoms with Gasteiger partial charge in [0.15, 0.2) is 17.5 Å². The SMILES string of the molecule is CN=C(NCCc1ccc2c(c1)OCO2)NCc1ccccc1COC. The summed E-state index contributed by atoms with van der Waals surface area (Å²) in [5.74, 6) is 2.41. The molecule has 0 atom stereocenters. The summed E-state index contributed by atoms with van der Waals surface area (Å²) in [7, 11) is 3.48. The van der Waals surface area contributed by atoms with Gasteiger partial charge in [-0.1, -0.05) is 30.3 Å². The lowest BCUT2D eigenvalue weighted by molar-refractivity contribution is 0.174. The zero-order chi connectivity index (χ0) is 18.2. The van der Waals surface area contributed by atoms with Crippen LogP contribution in [0.1, 0.15) is 16.7 Å². The lowest BCUT2D eigenvalue weighted by Gasteiger charge is -2.14. The molecule has 2 aromatic rings. The molecule has 0 amide bonds. The van der Waals surface area contributed by atoms with E-state index in [4.69, 9.17) is 14.2 Å². The van der Waals surface area contributed by atoms with E-state index in [1.165, 1.54) is 16.7 Å². The number of benzene rings is 2. The normalized spacial score (nSPS) is 12.9. The molecule has 0 saturated carbocycles. The Morgan fingerprint density at radius 2 is 1.88 bits per heavy atom. The summed E-state index contributed by atoms with van der Waals surface area (Å²) in [5.41, 5.74) is 3.58. The fourth-order valence-electron chi connectivity index (χ4n) is 2.85. The van der Waals surface area contributed by atoms with Crippen LogP contribution in [0.15, 0.2) is 47.5 Å². The fraction of sp³-hybridized carbons (Fsp3) is 0.350. The van der Waals surface area contributed by atoms with Crippen molar-refractivity contribution in [1.82, 2.24) is 10.6 Å². The predicted octanol–water partition coefficient (Wildman–Crippen LogP) is 2.47. The Labute approximate surface area is 154 Å². The lowest BCUT2D eigenvalue weighted by Crippen LogP contribution is -2.38. The average Bonchev–Trinajstić information content (AvgIpc) is 3.13. The predicted molar refractivity (Wildman–Crippen MR) is 102 cm³/mol. The van der Waals surface area contributed by atoms with Crippen LogP contribution >= 0.6 is 0 Å².